The second kappa shape index (κ2) is 35.7. The van der Waals surface area contributed by atoms with Gasteiger partial charge in [0.15, 0.2) is 6.10 Å². The minimum Gasteiger partial charge on any atom is -0.462 e. The molecule has 1 aliphatic carbocycles. The maximum absolute atomic E-state index is 13.1. The number of aliphatic hydroxyl groups is 3. The molecular formula is C43H81O19P3. The monoisotopic (exact) mass is 994 g/mol. The van der Waals surface area contributed by atoms with Gasteiger partial charge < -0.3 is 49.3 Å². The van der Waals surface area contributed by atoms with Crippen LogP contribution in [0.2, 0.25) is 0 Å². The first kappa shape index (κ1) is 61.6. The second-order valence-electron chi connectivity index (χ2n) is 16.7. The van der Waals surface area contributed by atoms with Crippen LogP contribution in [0.3, 0.4) is 0 Å². The summed E-state index contributed by atoms with van der Waals surface area (Å²) in [7, 11) is -16.6. The molecule has 22 heteroatoms. The fourth-order valence-corrected chi connectivity index (χ4v) is 9.26. The van der Waals surface area contributed by atoms with E-state index >= 15 is 0 Å². The van der Waals surface area contributed by atoms with Crippen molar-refractivity contribution >= 4 is 35.4 Å². The van der Waals surface area contributed by atoms with Gasteiger partial charge in [-0.05, 0) is 64.2 Å². The molecule has 0 bridgehead atoms. The van der Waals surface area contributed by atoms with E-state index in [1.54, 1.807) is 0 Å². The van der Waals surface area contributed by atoms with Crippen LogP contribution in [0, 0.1) is 0 Å². The Labute approximate surface area is 386 Å². The highest BCUT2D eigenvalue weighted by molar-refractivity contribution is 7.47. The lowest BCUT2D eigenvalue weighted by Gasteiger charge is -2.44. The van der Waals surface area contributed by atoms with Crippen molar-refractivity contribution < 1.29 is 90.6 Å². The molecular weight excluding hydrogens is 913 g/mol. The summed E-state index contributed by atoms with van der Waals surface area (Å²) in [6.07, 6.45) is 17.7. The van der Waals surface area contributed by atoms with Crippen molar-refractivity contribution in [1.82, 2.24) is 0 Å². The van der Waals surface area contributed by atoms with Crippen molar-refractivity contribution in [2.24, 2.45) is 0 Å². The molecule has 8 atom stereocenters. The molecule has 1 rings (SSSR count). The van der Waals surface area contributed by atoms with E-state index in [4.69, 9.17) is 18.5 Å². The third-order valence-corrected chi connectivity index (χ3v) is 12.8. The number of phosphoric acid groups is 3. The van der Waals surface area contributed by atoms with Gasteiger partial charge in [0.05, 0.1) is 6.61 Å². The number of carbonyl (C=O) groups is 2. The van der Waals surface area contributed by atoms with Crippen LogP contribution in [0.4, 0.5) is 0 Å². The van der Waals surface area contributed by atoms with Gasteiger partial charge in [0, 0.05) is 12.8 Å². The van der Waals surface area contributed by atoms with Gasteiger partial charge in [0.25, 0.3) is 0 Å². The summed E-state index contributed by atoms with van der Waals surface area (Å²) < 4.78 is 65.4. The molecule has 0 saturated heterocycles. The Morgan fingerprint density at radius 2 is 0.846 bits per heavy atom. The Balaban J connectivity index is 2.75. The maximum atomic E-state index is 13.1. The standard InChI is InChI=1S/C43H81O19P3/c1-3-5-7-9-11-13-15-17-18-20-21-23-25-27-29-31-36(44)57-33-35(59-37(45)32-30-28-26-24-22-19-16-14-12-10-8-6-4-2)34-58-65(55,56)62-41-38(46)39(47)42(60-63(49,50)51)43(40(41)48)61-64(52,53)54/h14,16-18,35,38-43,46-48H,3-13,15,19-34H2,1-2H3,(H,55,56)(H2,49,50,51)(H2,52,53,54)/b16-14-,18-17-/t35-,38?,39?,40?,41+,42?,43+/m1/s1. The maximum Gasteiger partial charge on any atom is 0.472 e. The van der Waals surface area contributed by atoms with E-state index in [0.717, 1.165) is 77.0 Å². The van der Waals surface area contributed by atoms with Crippen LogP contribution in [0.25, 0.3) is 0 Å². The largest absolute Gasteiger partial charge is 0.472 e. The van der Waals surface area contributed by atoms with Gasteiger partial charge in [-0.2, -0.15) is 0 Å². The number of ether oxygens (including phenoxy) is 2. The molecule has 1 aliphatic rings. The predicted octanol–water partition coefficient (Wildman–Crippen LogP) is 8.29. The number of unbranched alkanes of at least 4 members (excludes halogenated alkanes) is 20. The molecule has 382 valence electrons. The third-order valence-electron chi connectivity index (χ3n) is 10.7. The lowest BCUT2D eigenvalue weighted by molar-refractivity contribution is -0.213. The molecule has 0 aromatic heterocycles. The summed E-state index contributed by atoms with van der Waals surface area (Å²) in [4.78, 5) is 73.1. The Morgan fingerprint density at radius 1 is 0.477 bits per heavy atom. The molecule has 65 heavy (non-hydrogen) atoms. The number of hydrogen-bond acceptors (Lipinski definition) is 14. The number of hydrogen-bond donors (Lipinski definition) is 8. The highest BCUT2D eigenvalue weighted by atomic mass is 31.2. The zero-order valence-corrected chi connectivity index (χ0v) is 41.2. The van der Waals surface area contributed by atoms with Crippen LogP contribution in [0.5, 0.6) is 0 Å². The summed E-state index contributed by atoms with van der Waals surface area (Å²) in [6, 6.07) is 0. The number of aliphatic hydroxyl groups excluding tert-OH is 3. The molecule has 0 amide bonds. The smallest absolute Gasteiger partial charge is 0.462 e. The van der Waals surface area contributed by atoms with Crippen LogP contribution in [-0.2, 0) is 50.9 Å². The summed E-state index contributed by atoms with van der Waals surface area (Å²) in [5.41, 5.74) is 0. The highest BCUT2D eigenvalue weighted by Gasteiger charge is 2.56. The summed E-state index contributed by atoms with van der Waals surface area (Å²) in [5.74, 6) is -1.31. The predicted molar refractivity (Wildman–Crippen MR) is 243 cm³/mol. The summed E-state index contributed by atoms with van der Waals surface area (Å²) in [5, 5.41) is 31.8. The number of rotatable bonds is 40. The van der Waals surface area contributed by atoms with E-state index in [1.807, 2.05) is 0 Å². The Hall–Kier alpha value is -1.37. The lowest BCUT2D eigenvalue weighted by atomic mass is 9.85. The second-order valence-corrected chi connectivity index (χ2v) is 20.5. The molecule has 19 nitrogen and oxygen atoms in total. The Kier molecular flexibility index (Phi) is 33.9. The Bertz CT molecular complexity index is 1470. The van der Waals surface area contributed by atoms with Gasteiger partial charge in [-0.25, -0.2) is 13.7 Å². The van der Waals surface area contributed by atoms with Crippen molar-refractivity contribution in [2.75, 3.05) is 13.2 Å². The van der Waals surface area contributed by atoms with Crippen molar-refractivity contribution in [3.63, 3.8) is 0 Å². The zero-order chi connectivity index (χ0) is 48.6. The first-order valence-electron chi connectivity index (χ1n) is 23.6. The van der Waals surface area contributed by atoms with Gasteiger partial charge in [0.2, 0.25) is 0 Å². The van der Waals surface area contributed by atoms with E-state index in [9.17, 15) is 63.1 Å². The highest BCUT2D eigenvalue weighted by Crippen LogP contribution is 2.51. The topological polar surface area (TPSA) is 303 Å². The van der Waals surface area contributed by atoms with Crippen LogP contribution in [0.15, 0.2) is 24.3 Å². The molecule has 1 fully saturated rings. The SMILES string of the molecule is CCCCCC/C=C\CCCCCCCC(=O)O[C@H](COC(=O)CCCCCCC/C=C\CCCCCCCC)COP(=O)(O)O[C@H]1C(O)C(O)C(OP(=O)(O)O)[C@@H](OP(=O)(O)O)C1O. The van der Waals surface area contributed by atoms with E-state index < -0.39 is 91.3 Å². The number of allylic oxidation sites excluding steroid dienone is 4. The fraction of sp³-hybridized carbons (Fsp3) is 0.860. The number of carbonyl (C=O) groups excluding carboxylic acids is 2. The number of esters is 2. The fourth-order valence-electron chi connectivity index (χ4n) is 7.16. The minimum absolute atomic E-state index is 0.0124. The van der Waals surface area contributed by atoms with Gasteiger partial charge in [-0.15, -0.1) is 0 Å². The van der Waals surface area contributed by atoms with Crippen LogP contribution in [-0.4, -0.2) is 108 Å². The molecule has 8 N–H and O–H groups in total. The molecule has 1 saturated carbocycles. The summed E-state index contributed by atoms with van der Waals surface area (Å²) >= 11 is 0. The van der Waals surface area contributed by atoms with Crippen LogP contribution >= 0.6 is 23.5 Å². The lowest BCUT2D eigenvalue weighted by Crippen LogP contribution is -2.65. The quantitative estimate of drug-likeness (QED) is 0.0124. The van der Waals surface area contributed by atoms with E-state index in [1.165, 1.54) is 64.2 Å². The van der Waals surface area contributed by atoms with Gasteiger partial charge >= 0.3 is 35.4 Å². The van der Waals surface area contributed by atoms with Crippen molar-refractivity contribution in [3.8, 4) is 0 Å². The average molecular weight is 995 g/mol. The Morgan fingerprint density at radius 3 is 1.29 bits per heavy atom. The molecule has 0 aliphatic heterocycles. The minimum atomic E-state index is -5.60. The van der Waals surface area contributed by atoms with Crippen molar-refractivity contribution in [1.29, 1.82) is 0 Å². The molecule has 0 radical (unpaired) electrons. The van der Waals surface area contributed by atoms with E-state index in [0.29, 0.717) is 12.8 Å². The molecule has 0 heterocycles. The van der Waals surface area contributed by atoms with Crippen molar-refractivity contribution in [2.45, 2.75) is 224 Å². The van der Waals surface area contributed by atoms with Gasteiger partial charge in [-0.3, -0.25) is 27.7 Å². The first-order chi connectivity index (χ1) is 30.8. The van der Waals surface area contributed by atoms with E-state index in [-0.39, 0.29) is 12.8 Å². The van der Waals surface area contributed by atoms with E-state index in [2.05, 4.69) is 47.2 Å². The molecule has 0 aromatic carbocycles. The first-order valence-corrected chi connectivity index (χ1v) is 28.2. The third kappa shape index (κ3) is 32.1. The number of phosphoric ester groups is 3. The average Bonchev–Trinajstić information content (AvgIpc) is 3.23. The molecule has 0 spiro atoms. The zero-order valence-electron chi connectivity index (χ0n) is 38.6. The van der Waals surface area contributed by atoms with Crippen LogP contribution in [0.1, 0.15) is 181 Å². The molecule has 5 unspecified atom stereocenters. The molecule has 0 aromatic rings. The summed E-state index contributed by atoms with van der Waals surface area (Å²) in [6.45, 7) is 2.90. The van der Waals surface area contributed by atoms with Crippen molar-refractivity contribution in [3.05, 3.63) is 24.3 Å². The van der Waals surface area contributed by atoms with Gasteiger partial charge in [0.1, 0.15) is 43.2 Å². The van der Waals surface area contributed by atoms with Gasteiger partial charge in [-0.1, -0.05) is 128 Å². The van der Waals surface area contributed by atoms with Crippen LogP contribution < -0.4 is 0 Å². The normalized spacial score (nSPS) is 22.1.